The predicted molar refractivity (Wildman–Crippen MR) is 147 cm³/mol. The van der Waals surface area contributed by atoms with Crippen molar-refractivity contribution in [2.45, 2.75) is 101 Å². The van der Waals surface area contributed by atoms with Crippen LogP contribution in [-0.4, -0.2) is 97.7 Å². The first kappa shape index (κ1) is 31.2. The van der Waals surface area contributed by atoms with Gasteiger partial charge < -0.3 is 39.7 Å². The molecule has 230 valence electrons. The summed E-state index contributed by atoms with van der Waals surface area (Å²) in [7, 11) is 0. The van der Waals surface area contributed by atoms with Crippen LogP contribution in [0.15, 0.2) is 28.7 Å². The lowest BCUT2D eigenvalue weighted by Gasteiger charge is -2.66. The largest absolute Gasteiger partial charge is 0.459 e. The van der Waals surface area contributed by atoms with Crippen molar-refractivity contribution in [2.75, 3.05) is 6.61 Å². The van der Waals surface area contributed by atoms with Gasteiger partial charge in [-0.2, -0.15) is 0 Å². The van der Waals surface area contributed by atoms with E-state index in [1.165, 1.54) is 18.3 Å². The summed E-state index contributed by atoms with van der Waals surface area (Å²) in [6, 6.07) is 3.38. The van der Waals surface area contributed by atoms with E-state index in [1.807, 2.05) is 0 Å². The third-order valence-corrected chi connectivity index (χ3v) is 11.4. The second kappa shape index (κ2) is 10.2. The summed E-state index contributed by atoms with van der Waals surface area (Å²) < 4.78 is 17.0. The number of rotatable bonds is 5. The van der Waals surface area contributed by atoms with Gasteiger partial charge in [-0.3, -0.25) is 9.59 Å². The quantitative estimate of drug-likeness (QED) is 0.235. The Morgan fingerprint density at radius 2 is 1.86 bits per heavy atom. The van der Waals surface area contributed by atoms with Gasteiger partial charge >= 0.3 is 11.9 Å². The number of aliphatic hydroxyl groups excluding tert-OH is 3. The highest BCUT2D eigenvalue weighted by molar-refractivity contribution is 7.10. The van der Waals surface area contributed by atoms with Crippen molar-refractivity contribution >= 4 is 29.1 Å². The molecule has 2 radical (unpaired) electrons. The van der Waals surface area contributed by atoms with Gasteiger partial charge in [0.1, 0.15) is 29.5 Å². The molecule has 0 aromatic carbocycles. The molecule has 2 saturated carbocycles. The molecule has 42 heavy (non-hydrogen) atoms. The summed E-state index contributed by atoms with van der Waals surface area (Å²) in [6.45, 7) is 13.0. The molecule has 11 atom stereocenters. The molecular formula is C30H38O11S. The average Bonchev–Trinajstić information content (AvgIpc) is 3.45. The Kier molecular flexibility index (Phi) is 7.58. The van der Waals surface area contributed by atoms with Gasteiger partial charge in [-0.05, 0) is 43.4 Å². The van der Waals surface area contributed by atoms with E-state index in [0.29, 0.717) is 4.88 Å². The van der Waals surface area contributed by atoms with Crippen LogP contribution >= 0.6 is 11.3 Å². The SMILES string of the molecule is [CH][C@@H](c1cccs1)[C@@H](O)C(=O)O[C@H]1C[C@@]2(O)[C@@H](OC(C)=O)[C@@H]3[C@]4(O)CO[C@@H]4C[C@H](O)[C@@]3(C)C(=O)[C@H](O)C(=C1C)C2(C)C. The van der Waals surface area contributed by atoms with Gasteiger partial charge in [0.2, 0.25) is 0 Å². The summed E-state index contributed by atoms with van der Waals surface area (Å²) in [5, 5.41) is 60.0. The summed E-state index contributed by atoms with van der Waals surface area (Å²) in [5.41, 5.74) is -7.00. The first-order valence-corrected chi connectivity index (χ1v) is 14.8. The predicted octanol–water partition coefficient (Wildman–Crippen LogP) is 0.685. The fourth-order valence-electron chi connectivity index (χ4n) is 7.79. The maximum atomic E-state index is 14.2. The molecule has 2 bridgehead atoms. The Labute approximate surface area is 248 Å². The maximum Gasteiger partial charge on any atom is 0.336 e. The number of esters is 2. The standard InChI is InChI=1S/C30H38O11S/c1-13-16(41-26(36)21(33)14(2)17-8-7-9-42-17)11-30(38)25(40-15(3)31)23-28(6,18(32)10-19-29(23,37)12-39-19)24(35)22(34)20(13)27(30,4)5/h2,7-9,14,16,18-19,21-23,25,32-34,37-38H,10-12H2,1,3-6H3/t14-,16-,18-,19+,21+,22+,23-,25-,28+,29-,30+/m0/s1. The van der Waals surface area contributed by atoms with E-state index in [-0.39, 0.29) is 30.6 Å². The third kappa shape index (κ3) is 4.17. The van der Waals surface area contributed by atoms with E-state index in [4.69, 9.17) is 21.1 Å². The molecule has 0 amide bonds. The van der Waals surface area contributed by atoms with Crippen LogP contribution < -0.4 is 0 Å². The summed E-state index contributed by atoms with van der Waals surface area (Å²) in [4.78, 5) is 40.5. The minimum absolute atomic E-state index is 0.0269. The van der Waals surface area contributed by atoms with Crippen molar-refractivity contribution in [1.82, 2.24) is 0 Å². The van der Waals surface area contributed by atoms with Gasteiger partial charge in [0.05, 0.1) is 24.2 Å². The van der Waals surface area contributed by atoms with Crippen LogP contribution in [0.25, 0.3) is 0 Å². The van der Waals surface area contributed by atoms with E-state index in [9.17, 15) is 39.9 Å². The molecule has 5 rings (SSSR count). The number of fused-ring (bicyclic) bond motifs is 5. The summed E-state index contributed by atoms with van der Waals surface area (Å²) >= 11 is 1.25. The molecule has 1 saturated heterocycles. The molecule has 3 aliphatic carbocycles. The van der Waals surface area contributed by atoms with Crippen LogP contribution in [0.2, 0.25) is 0 Å². The Balaban J connectivity index is 1.65. The average molecular weight is 607 g/mol. The third-order valence-electron chi connectivity index (χ3n) is 10.4. The van der Waals surface area contributed by atoms with Gasteiger partial charge in [-0.25, -0.2) is 4.79 Å². The van der Waals surface area contributed by atoms with Crippen molar-refractivity contribution in [3.05, 3.63) is 40.5 Å². The van der Waals surface area contributed by atoms with Crippen LogP contribution in [0.1, 0.15) is 58.3 Å². The number of carbonyl (C=O) groups excluding carboxylic acids is 3. The smallest absolute Gasteiger partial charge is 0.336 e. The monoisotopic (exact) mass is 606 g/mol. The molecule has 1 aromatic rings. The maximum absolute atomic E-state index is 14.2. The van der Waals surface area contributed by atoms with Gasteiger partial charge in [-0.1, -0.05) is 19.9 Å². The van der Waals surface area contributed by atoms with E-state index in [2.05, 4.69) is 0 Å². The summed E-state index contributed by atoms with van der Waals surface area (Å²) in [6.07, 6.45) is -9.37. The molecule has 1 aliphatic heterocycles. The van der Waals surface area contributed by atoms with Gasteiger partial charge in [-0.15, -0.1) is 11.3 Å². The van der Waals surface area contributed by atoms with Crippen molar-refractivity contribution in [2.24, 2.45) is 16.7 Å². The summed E-state index contributed by atoms with van der Waals surface area (Å²) in [5.74, 6) is -5.25. The van der Waals surface area contributed by atoms with Crippen LogP contribution in [0.3, 0.4) is 0 Å². The topological polar surface area (TPSA) is 180 Å². The molecule has 2 heterocycles. The molecule has 5 N–H and O–H groups in total. The van der Waals surface area contributed by atoms with Crippen molar-refractivity contribution in [3.63, 3.8) is 0 Å². The van der Waals surface area contributed by atoms with Crippen LogP contribution in [0.5, 0.6) is 0 Å². The number of ether oxygens (including phenoxy) is 3. The molecule has 11 nitrogen and oxygen atoms in total. The number of carbonyl (C=O) groups is 3. The zero-order valence-electron chi connectivity index (χ0n) is 24.1. The number of hydrogen-bond donors (Lipinski definition) is 5. The van der Waals surface area contributed by atoms with Gasteiger partial charge in [0, 0.05) is 41.9 Å². The number of hydrogen-bond acceptors (Lipinski definition) is 12. The fourth-order valence-corrected chi connectivity index (χ4v) is 8.55. The lowest BCUT2D eigenvalue weighted by molar-refractivity contribution is -0.345. The van der Waals surface area contributed by atoms with Crippen molar-refractivity contribution in [3.8, 4) is 0 Å². The number of ketones is 1. The minimum atomic E-state index is -2.15. The first-order valence-electron chi connectivity index (χ1n) is 14.0. The van der Waals surface area contributed by atoms with E-state index >= 15 is 0 Å². The second-order valence-corrected chi connectivity index (χ2v) is 13.8. The normalized spacial score (nSPS) is 42.2. The molecule has 0 spiro atoms. The molecule has 1 aromatic heterocycles. The van der Waals surface area contributed by atoms with Crippen molar-refractivity contribution < 1.29 is 54.1 Å². The highest BCUT2D eigenvalue weighted by Crippen LogP contribution is 2.63. The number of Topliss-reactive ketones (excluding diaryl/α,β-unsaturated/α-hetero) is 1. The highest BCUT2D eigenvalue weighted by Gasteiger charge is 2.76. The van der Waals surface area contributed by atoms with E-state index < -0.39 is 88.2 Å². The first-order chi connectivity index (χ1) is 19.4. The highest BCUT2D eigenvalue weighted by atomic mass is 32.1. The molecule has 4 aliphatic rings. The van der Waals surface area contributed by atoms with E-state index in [0.717, 1.165) is 6.92 Å². The lowest BCUT2D eigenvalue weighted by Crippen LogP contribution is -2.81. The van der Waals surface area contributed by atoms with Gasteiger partial charge in [0.15, 0.2) is 11.9 Å². The minimum Gasteiger partial charge on any atom is -0.459 e. The van der Waals surface area contributed by atoms with Crippen molar-refractivity contribution in [1.29, 1.82) is 0 Å². The molecule has 3 fully saturated rings. The molecule has 0 unspecified atom stereocenters. The zero-order chi connectivity index (χ0) is 31.2. The molecular weight excluding hydrogens is 568 g/mol. The zero-order valence-corrected chi connectivity index (χ0v) is 25.0. The van der Waals surface area contributed by atoms with Crippen LogP contribution in [-0.2, 0) is 28.6 Å². The Morgan fingerprint density at radius 1 is 1.19 bits per heavy atom. The van der Waals surface area contributed by atoms with Gasteiger partial charge in [0.25, 0.3) is 0 Å². The second-order valence-electron chi connectivity index (χ2n) is 12.9. The fraction of sp³-hybridized carbons (Fsp3) is 0.667. The van der Waals surface area contributed by atoms with Crippen LogP contribution in [0, 0.1) is 23.7 Å². The Bertz CT molecular complexity index is 1310. The number of thiophene rings is 1. The molecule has 12 heteroatoms. The number of aliphatic hydroxyl groups is 5. The Hall–Kier alpha value is -2.19. The Morgan fingerprint density at radius 3 is 2.40 bits per heavy atom. The van der Waals surface area contributed by atoms with Crippen LogP contribution in [0.4, 0.5) is 0 Å². The lowest BCUT2D eigenvalue weighted by atomic mass is 9.45. The van der Waals surface area contributed by atoms with E-state index in [1.54, 1.807) is 38.3 Å².